The zero-order chi connectivity index (χ0) is 9.80. The second kappa shape index (κ2) is 4.37. The van der Waals surface area contributed by atoms with Crippen molar-refractivity contribution in [2.45, 2.75) is 31.8 Å². The highest BCUT2D eigenvalue weighted by molar-refractivity contribution is 5.33. The zero-order valence-corrected chi connectivity index (χ0v) is 8.40. The van der Waals surface area contributed by atoms with Crippen molar-refractivity contribution < 1.29 is 0 Å². The van der Waals surface area contributed by atoms with E-state index in [1.165, 1.54) is 12.8 Å². The van der Waals surface area contributed by atoms with E-state index in [1.54, 1.807) is 6.20 Å². The molecule has 0 unspecified atom stereocenters. The van der Waals surface area contributed by atoms with E-state index >= 15 is 0 Å². The summed E-state index contributed by atoms with van der Waals surface area (Å²) in [5.41, 5.74) is 0. The Kier molecular flexibility index (Phi) is 2.93. The molecule has 2 rings (SSSR count). The Morgan fingerprint density at radius 1 is 1.57 bits per heavy atom. The van der Waals surface area contributed by atoms with Crippen LogP contribution in [0, 0.1) is 0 Å². The zero-order valence-electron chi connectivity index (χ0n) is 8.40. The lowest BCUT2D eigenvalue weighted by atomic mass is 10.00. The highest BCUT2D eigenvalue weighted by atomic mass is 15.2. The smallest absolute Gasteiger partial charge is 0.148 e. The van der Waals surface area contributed by atoms with Crippen molar-refractivity contribution in [3.8, 4) is 0 Å². The molecule has 0 aliphatic carbocycles. The normalized spacial score (nSPS) is 27.2. The summed E-state index contributed by atoms with van der Waals surface area (Å²) in [4.78, 5) is 0. The Morgan fingerprint density at radius 2 is 2.50 bits per heavy atom. The Hall–Kier alpha value is -1.16. The van der Waals surface area contributed by atoms with Gasteiger partial charge in [0.25, 0.3) is 0 Å². The van der Waals surface area contributed by atoms with Gasteiger partial charge < -0.3 is 10.6 Å². The van der Waals surface area contributed by atoms with Crippen molar-refractivity contribution in [1.82, 2.24) is 15.5 Å². The molecule has 0 bridgehead atoms. The summed E-state index contributed by atoms with van der Waals surface area (Å²) < 4.78 is 0. The molecule has 1 aliphatic heterocycles. The van der Waals surface area contributed by atoms with Crippen molar-refractivity contribution in [2.75, 3.05) is 11.9 Å². The molecule has 0 radical (unpaired) electrons. The molecular weight excluding hydrogens is 176 g/mol. The summed E-state index contributed by atoms with van der Waals surface area (Å²) >= 11 is 0. The number of rotatable bonds is 2. The Morgan fingerprint density at radius 3 is 3.21 bits per heavy atom. The van der Waals surface area contributed by atoms with E-state index in [9.17, 15) is 0 Å². The summed E-state index contributed by atoms with van der Waals surface area (Å²) in [6.45, 7) is 3.33. The van der Waals surface area contributed by atoms with Crippen LogP contribution in [0.5, 0.6) is 0 Å². The average molecular weight is 192 g/mol. The van der Waals surface area contributed by atoms with Crippen LogP contribution in [0.4, 0.5) is 5.82 Å². The van der Waals surface area contributed by atoms with Crippen LogP contribution >= 0.6 is 0 Å². The van der Waals surface area contributed by atoms with E-state index in [2.05, 4.69) is 27.8 Å². The van der Waals surface area contributed by atoms with Crippen LogP contribution in [0.3, 0.4) is 0 Å². The molecule has 4 heteroatoms. The number of hydrogen-bond acceptors (Lipinski definition) is 4. The Bertz CT molecular complexity index is 275. The standard InChI is InChI=1S/C10H16N4/c1-8-9(4-2-6-11-8)13-10-5-3-7-12-14-10/h3,5,7-9,11H,2,4,6H2,1H3,(H,13,14)/t8-,9-/m1/s1. The van der Waals surface area contributed by atoms with Gasteiger partial charge in [0.05, 0.1) is 0 Å². The summed E-state index contributed by atoms with van der Waals surface area (Å²) in [6, 6.07) is 4.83. The predicted molar refractivity (Wildman–Crippen MR) is 56.1 cm³/mol. The van der Waals surface area contributed by atoms with E-state index in [0.29, 0.717) is 12.1 Å². The van der Waals surface area contributed by atoms with Gasteiger partial charge in [-0.05, 0) is 38.4 Å². The van der Waals surface area contributed by atoms with Gasteiger partial charge in [-0.2, -0.15) is 5.10 Å². The summed E-state index contributed by atoms with van der Waals surface area (Å²) in [5, 5.41) is 14.7. The SMILES string of the molecule is C[C@H]1NCCC[C@H]1Nc1cccnn1. The third kappa shape index (κ3) is 2.20. The van der Waals surface area contributed by atoms with E-state index in [-0.39, 0.29) is 0 Å². The van der Waals surface area contributed by atoms with Crippen LogP contribution < -0.4 is 10.6 Å². The molecule has 1 saturated heterocycles. The maximum atomic E-state index is 4.02. The number of aromatic nitrogens is 2. The monoisotopic (exact) mass is 192 g/mol. The molecule has 2 atom stereocenters. The molecule has 4 nitrogen and oxygen atoms in total. The Labute approximate surface area is 84.1 Å². The van der Waals surface area contributed by atoms with Crippen LogP contribution in [0.25, 0.3) is 0 Å². The van der Waals surface area contributed by atoms with Gasteiger partial charge in [0, 0.05) is 18.3 Å². The molecule has 1 aromatic heterocycles. The van der Waals surface area contributed by atoms with E-state index < -0.39 is 0 Å². The minimum atomic E-state index is 0.473. The fourth-order valence-electron chi connectivity index (χ4n) is 1.81. The predicted octanol–water partition coefficient (Wildman–Crippen LogP) is 1.03. The molecule has 1 fully saturated rings. The molecule has 0 saturated carbocycles. The highest BCUT2D eigenvalue weighted by Crippen LogP contribution is 2.13. The van der Waals surface area contributed by atoms with Crippen LogP contribution in [0.15, 0.2) is 18.3 Å². The second-order valence-electron chi connectivity index (χ2n) is 3.74. The van der Waals surface area contributed by atoms with Gasteiger partial charge in [-0.3, -0.25) is 0 Å². The van der Waals surface area contributed by atoms with Gasteiger partial charge in [0.15, 0.2) is 0 Å². The number of hydrogen-bond donors (Lipinski definition) is 2. The summed E-state index contributed by atoms with van der Waals surface area (Å²) in [6.07, 6.45) is 4.11. The van der Waals surface area contributed by atoms with Crippen LogP contribution in [0.2, 0.25) is 0 Å². The number of nitrogens with one attached hydrogen (secondary N) is 2. The lowest BCUT2D eigenvalue weighted by molar-refractivity contribution is 0.388. The van der Waals surface area contributed by atoms with Gasteiger partial charge in [-0.15, -0.1) is 5.10 Å². The first-order chi connectivity index (χ1) is 6.86. The number of piperidine rings is 1. The minimum absolute atomic E-state index is 0.473. The highest BCUT2D eigenvalue weighted by Gasteiger charge is 2.20. The molecule has 0 spiro atoms. The van der Waals surface area contributed by atoms with E-state index in [4.69, 9.17) is 0 Å². The van der Waals surface area contributed by atoms with Crippen molar-refractivity contribution in [1.29, 1.82) is 0 Å². The minimum Gasteiger partial charge on any atom is -0.364 e. The third-order valence-electron chi connectivity index (χ3n) is 2.67. The first kappa shape index (κ1) is 9.40. The average Bonchev–Trinajstić information content (AvgIpc) is 2.23. The maximum Gasteiger partial charge on any atom is 0.148 e. The molecule has 0 aromatic carbocycles. The lowest BCUT2D eigenvalue weighted by Crippen LogP contribution is -2.46. The molecule has 2 heterocycles. The summed E-state index contributed by atoms with van der Waals surface area (Å²) in [5.74, 6) is 0.869. The molecule has 14 heavy (non-hydrogen) atoms. The quantitative estimate of drug-likeness (QED) is 0.734. The molecule has 1 aromatic rings. The second-order valence-corrected chi connectivity index (χ2v) is 3.74. The van der Waals surface area contributed by atoms with Gasteiger partial charge in [0.2, 0.25) is 0 Å². The molecule has 0 amide bonds. The Balaban J connectivity index is 1.96. The van der Waals surface area contributed by atoms with Crippen molar-refractivity contribution in [2.24, 2.45) is 0 Å². The van der Waals surface area contributed by atoms with Gasteiger partial charge in [0.1, 0.15) is 5.82 Å². The lowest BCUT2D eigenvalue weighted by Gasteiger charge is -2.30. The molecule has 1 aliphatic rings. The molecule has 76 valence electrons. The van der Waals surface area contributed by atoms with Gasteiger partial charge in [-0.25, -0.2) is 0 Å². The number of nitrogens with zero attached hydrogens (tertiary/aromatic N) is 2. The van der Waals surface area contributed by atoms with Crippen LogP contribution in [-0.2, 0) is 0 Å². The third-order valence-corrected chi connectivity index (χ3v) is 2.67. The van der Waals surface area contributed by atoms with E-state index in [0.717, 1.165) is 12.4 Å². The molecular formula is C10H16N4. The van der Waals surface area contributed by atoms with Gasteiger partial charge >= 0.3 is 0 Å². The molecule has 2 N–H and O–H groups in total. The first-order valence-electron chi connectivity index (χ1n) is 5.14. The fourth-order valence-corrected chi connectivity index (χ4v) is 1.81. The number of anilines is 1. The fraction of sp³-hybridized carbons (Fsp3) is 0.600. The van der Waals surface area contributed by atoms with Crippen molar-refractivity contribution in [3.05, 3.63) is 18.3 Å². The van der Waals surface area contributed by atoms with Crippen molar-refractivity contribution in [3.63, 3.8) is 0 Å². The first-order valence-corrected chi connectivity index (χ1v) is 5.14. The van der Waals surface area contributed by atoms with E-state index in [1.807, 2.05) is 12.1 Å². The topological polar surface area (TPSA) is 49.8 Å². The van der Waals surface area contributed by atoms with Gasteiger partial charge in [-0.1, -0.05) is 0 Å². The van der Waals surface area contributed by atoms with Crippen molar-refractivity contribution >= 4 is 5.82 Å². The van der Waals surface area contributed by atoms with Crippen LogP contribution in [-0.4, -0.2) is 28.8 Å². The van der Waals surface area contributed by atoms with Crippen LogP contribution in [0.1, 0.15) is 19.8 Å². The maximum absolute atomic E-state index is 4.02. The summed E-state index contributed by atoms with van der Waals surface area (Å²) in [7, 11) is 0. The largest absolute Gasteiger partial charge is 0.364 e.